The maximum absolute atomic E-state index is 11.6. The highest BCUT2D eigenvalue weighted by molar-refractivity contribution is 5.90. The second kappa shape index (κ2) is 9.66. The lowest BCUT2D eigenvalue weighted by atomic mass is 10.1. The first-order chi connectivity index (χ1) is 13.0. The Morgan fingerprint density at radius 3 is 2.63 bits per heavy atom. The van der Waals surface area contributed by atoms with Gasteiger partial charge < -0.3 is 24.5 Å². The summed E-state index contributed by atoms with van der Waals surface area (Å²) in [4.78, 5) is 15.9. The molecular formula is C20H27N3O4. The summed E-state index contributed by atoms with van der Waals surface area (Å²) in [6.45, 7) is 4.90. The van der Waals surface area contributed by atoms with E-state index in [9.17, 15) is 4.79 Å². The van der Waals surface area contributed by atoms with Crippen LogP contribution in [0.5, 0.6) is 5.75 Å². The van der Waals surface area contributed by atoms with E-state index < -0.39 is 5.97 Å². The van der Waals surface area contributed by atoms with E-state index in [0.29, 0.717) is 36.1 Å². The molecule has 2 rings (SSSR count). The van der Waals surface area contributed by atoms with Crippen LogP contribution in [0.4, 0.5) is 0 Å². The molecule has 0 saturated carbocycles. The summed E-state index contributed by atoms with van der Waals surface area (Å²) in [5.74, 6) is 2.29. The van der Waals surface area contributed by atoms with Gasteiger partial charge in [0.25, 0.3) is 0 Å². The van der Waals surface area contributed by atoms with Gasteiger partial charge in [-0.25, -0.2) is 4.79 Å². The third-order valence-corrected chi connectivity index (χ3v) is 4.15. The second-order valence-electron chi connectivity index (χ2n) is 6.09. The van der Waals surface area contributed by atoms with Gasteiger partial charge in [-0.3, -0.25) is 4.99 Å². The van der Waals surface area contributed by atoms with Gasteiger partial charge in [0.15, 0.2) is 5.96 Å². The van der Waals surface area contributed by atoms with Crippen molar-refractivity contribution in [3.63, 3.8) is 0 Å². The largest absolute Gasteiger partial charge is 0.496 e. The number of esters is 1. The predicted octanol–water partition coefficient (Wildman–Crippen LogP) is 2.60. The van der Waals surface area contributed by atoms with Gasteiger partial charge in [0.05, 0.1) is 20.8 Å². The van der Waals surface area contributed by atoms with Crippen molar-refractivity contribution < 1.29 is 18.7 Å². The van der Waals surface area contributed by atoms with Crippen LogP contribution in [0.15, 0.2) is 33.7 Å². The van der Waals surface area contributed by atoms with E-state index >= 15 is 0 Å². The van der Waals surface area contributed by atoms with Crippen molar-refractivity contribution in [2.75, 3.05) is 27.8 Å². The van der Waals surface area contributed by atoms with E-state index in [4.69, 9.17) is 13.9 Å². The highest BCUT2D eigenvalue weighted by atomic mass is 16.5. The third kappa shape index (κ3) is 5.51. The normalized spacial score (nSPS) is 11.2. The molecule has 146 valence electrons. The van der Waals surface area contributed by atoms with Gasteiger partial charge in [0.1, 0.15) is 22.8 Å². The van der Waals surface area contributed by atoms with E-state index in [0.717, 1.165) is 17.7 Å². The number of guanidine groups is 1. The van der Waals surface area contributed by atoms with Crippen molar-refractivity contribution in [1.29, 1.82) is 0 Å². The SMILES string of the molecule is CN=C(NCCc1cc(C)ccc1OC)NCc1cc(C(=O)OC)c(C)o1. The van der Waals surface area contributed by atoms with Crippen molar-refractivity contribution in [3.05, 3.63) is 52.5 Å². The second-order valence-corrected chi connectivity index (χ2v) is 6.09. The molecule has 27 heavy (non-hydrogen) atoms. The van der Waals surface area contributed by atoms with Gasteiger partial charge in [0.2, 0.25) is 0 Å². The van der Waals surface area contributed by atoms with Crippen molar-refractivity contribution in [3.8, 4) is 5.75 Å². The average Bonchev–Trinajstić information content (AvgIpc) is 3.04. The monoisotopic (exact) mass is 373 g/mol. The molecule has 1 aromatic heterocycles. The van der Waals surface area contributed by atoms with E-state index in [1.165, 1.54) is 12.7 Å². The zero-order valence-electron chi connectivity index (χ0n) is 16.5. The fourth-order valence-corrected chi connectivity index (χ4v) is 2.75. The molecule has 0 radical (unpaired) electrons. The van der Waals surface area contributed by atoms with Crippen molar-refractivity contribution in [2.24, 2.45) is 4.99 Å². The van der Waals surface area contributed by atoms with Crippen molar-refractivity contribution >= 4 is 11.9 Å². The van der Waals surface area contributed by atoms with Gasteiger partial charge in [-0.05, 0) is 38.0 Å². The molecule has 0 bridgehead atoms. The van der Waals surface area contributed by atoms with Gasteiger partial charge >= 0.3 is 5.97 Å². The first kappa shape index (κ1) is 20.4. The number of hydrogen-bond acceptors (Lipinski definition) is 5. The third-order valence-electron chi connectivity index (χ3n) is 4.15. The number of carbonyl (C=O) groups is 1. The quantitative estimate of drug-likeness (QED) is 0.441. The molecule has 1 heterocycles. The van der Waals surface area contributed by atoms with E-state index in [-0.39, 0.29) is 0 Å². The van der Waals surface area contributed by atoms with Crippen LogP contribution in [0.25, 0.3) is 0 Å². The summed E-state index contributed by atoms with van der Waals surface area (Å²) in [5, 5.41) is 6.44. The lowest BCUT2D eigenvalue weighted by Crippen LogP contribution is -2.37. The van der Waals surface area contributed by atoms with Gasteiger partial charge in [0, 0.05) is 13.6 Å². The topological polar surface area (TPSA) is 85.1 Å². The van der Waals surface area contributed by atoms with Crippen LogP contribution in [-0.2, 0) is 17.7 Å². The van der Waals surface area contributed by atoms with Crippen molar-refractivity contribution in [1.82, 2.24) is 10.6 Å². The molecule has 7 nitrogen and oxygen atoms in total. The molecular weight excluding hydrogens is 346 g/mol. The number of aryl methyl sites for hydroxylation is 2. The number of hydrogen-bond donors (Lipinski definition) is 2. The van der Waals surface area contributed by atoms with Crippen LogP contribution in [0, 0.1) is 13.8 Å². The molecule has 0 aliphatic rings. The molecule has 0 fully saturated rings. The smallest absolute Gasteiger partial charge is 0.341 e. The molecule has 0 atom stereocenters. The van der Waals surface area contributed by atoms with Crippen LogP contribution in [0.2, 0.25) is 0 Å². The van der Waals surface area contributed by atoms with E-state index in [2.05, 4.69) is 28.6 Å². The first-order valence-corrected chi connectivity index (χ1v) is 8.74. The lowest BCUT2D eigenvalue weighted by molar-refractivity contribution is 0.0599. The maximum atomic E-state index is 11.6. The Balaban J connectivity index is 1.88. The van der Waals surface area contributed by atoms with Crippen LogP contribution in [0.1, 0.15) is 33.0 Å². The standard InChI is InChI=1S/C20H27N3O4/c1-13-6-7-18(25-4)15(10-13)8-9-22-20(21-3)23-12-16-11-17(14(2)27-16)19(24)26-5/h6-7,10-11H,8-9,12H2,1-5H3,(H2,21,22,23). The number of methoxy groups -OCH3 is 2. The number of carbonyl (C=O) groups excluding carboxylic acids is 1. The Hall–Kier alpha value is -2.96. The van der Waals surface area contributed by atoms with Crippen LogP contribution < -0.4 is 15.4 Å². The Bertz CT molecular complexity index is 812. The van der Waals surface area contributed by atoms with E-state index in [1.807, 2.05) is 12.1 Å². The Labute approximate surface area is 159 Å². The van der Waals surface area contributed by atoms with E-state index in [1.54, 1.807) is 27.1 Å². The minimum absolute atomic E-state index is 0.405. The average molecular weight is 373 g/mol. The van der Waals surface area contributed by atoms with Gasteiger partial charge in [-0.15, -0.1) is 0 Å². The molecule has 0 spiro atoms. The first-order valence-electron chi connectivity index (χ1n) is 8.74. The predicted molar refractivity (Wildman–Crippen MR) is 104 cm³/mol. The summed E-state index contributed by atoms with van der Waals surface area (Å²) in [5.41, 5.74) is 2.77. The molecule has 0 aliphatic heterocycles. The lowest BCUT2D eigenvalue weighted by Gasteiger charge is -2.13. The molecule has 2 N–H and O–H groups in total. The minimum Gasteiger partial charge on any atom is -0.496 e. The summed E-state index contributed by atoms with van der Waals surface area (Å²) in [7, 11) is 4.73. The fourth-order valence-electron chi connectivity index (χ4n) is 2.75. The number of nitrogens with one attached hydrogen (secondary N) is 2. The van der Waals surface area contributed by atoms with Crippen LogP contribution in [-0.4, -0.2) is 39.7 Å². The zero-order chi connectivity index (χ0) is 19.8. The molecule has 1 aromatic carbocycles. The van der Waals surface area contributed by atoms with Gasteiger partial charge in [-0.1, -0.05) is 17.7 Å². The molecule has 0 saturated heterocycles. The summed E-state index contributed by atoms with van der Waals surface area (Å²) < 4.78 is 15.7. The number of rotatable bonds is 7. The molecule has 0 amide bonds. The fraction of sp³-hybridized carbons (Fsp3) is 0.400. The number of benzene rings is 1. The summed E-state index contributed by atoms with van der Waals surface area (Å²) in [6, 6.07) is 7.82. The highest BCUT2D eigenvalue weighted by Gasteiger charge is 2.15. The zero-order valence-corrected chi connectivity index (χ0v) is 16.5. The van der Waals surface area contributed by atoms with Crippen molar-refractivity contribution in [2.45, 2.75) is 26.8 Å². The van der Waals surface area contributed by atoms with Crippen LogP contribution in [0.3, 0.4) is 0 Å². The summed E-state index contributed by atoms with van der Waals surface area (Å²) in [6.07, 6.45) is 0.803. The molecule has 0 aliphatic carbocycles. The number of nitrogens with zero attached hydrogens (tertiary/aromatic N) is 1. The Morgan fingerprint density at radius 2 is 1.96 bits per heavy atom. The maximum Gasteiger partial charge on any atom is 0.341 e. The molecule has 7 heteroatoms. The Kier molecular flexibility index (Phi) is 7.28. The summed E-state index contributed by atoms with van der Waals surface area (Å²) >= 11 is 0. The molecule has 0 unspecified atom stereocenters. The molecule has 2 aromatic rings. The number of aliphatic imine (C=N–C) groups is 1. The van der Waals surface area contributed by atoms with Gasteiger partial charge in [-0.2, -0.15) is 0 Å². The minimum atomic E-state index is -0.405. The Morgan fingerprint density at radius 1 is 1.19 bits per heavy atom. The van der Waals surface area contributed by atoms with Crippen LogP contribution >= 0.6 is 0 Å². The number of furan rings is 1. The number of ether oxygens (including phenoxy) is 2. The highest BCUT2D eigenvalue weighted by Crippen LogP contribution is 2.19.